The molecule has 0 aromatic carbocycles. The number of carbonyl (C=O) groups excluding carboxylic acids is 2. The Morgan fingerprint density at radius 3 is 2.58 bits per heavy atom. The summed E-state index contributed by atoms with van der Waals surface area (Å²) in [5.41, 5.74) is -1.61. The van der Waals surface area contributed by atoms with Crippen LogP contribution in [0, 0.1) is 0 Å². The zero-order valence-corrected chi connectivity index (χ0v) is 14.4. The number of likely N-dealkylation sites (tertiary alicyclic amines) is 1. The molecule has 0 spiro atoms. The van der Waals surface area contributed by atoms with Crippen LogP contribution in [0.2, 0.25) is 0 Å². The topological polar surface area (TPSA) is 113 Å². The van der Waals surface area contributed by atoms with Crippen LogP contribution in [0.1, 0.15) is 56.8 Å². The van der Waals surface area contributed by atoms with Crippen molar-refractivity contribution in [2.45, 2.75) is 58.1 Å². The van der Waals surface area contributed by atoms with Gasteiger partial charge in [0.05, 0.1) is 0 Å². The van der Waals surface area contributed by atoms with Gasteiger partial charge >= 0.3 is 12.1 Å². The number of nitrogens with one attached hydrogen (secondary N) is 1. The number of H-pyrrole nitrogens is 1. The largest absolute Gasteiger partial charge is 0.479 e. The average molecular weight is 337 g/mol. The zero-order chi connectivity index (χ0) is 18.1. The summed E-state index contributed by atoms with van der Waals surface area (Å²) in [4.78, 5) is 43.8. The van der Waals surface area contributed by atoms with E-state index < -0.39 is 23.2 Å². The van der Waals surface area contributed by atoms with Gasteiger partial charge in [-0.25, -0.2) is 14.6 Å². The molecule has 2 N–H and O–H groups in total. The highest BCUT2D eigenvalue weighted by Crippen LogP contribution is 2.34. The number of carboxylic acids is 1. The zero-order valence-electron chi connectivity index (χ0n) is 14.4. The molecule has 1 amide bonds. The summed E-state index contributed by atoms with van der Waals surface area (Å²) in [5.74, 6) is -1.15. The molecule has 1 saturated heterocycles. The summed E-state index contributed by atoms with van der Waals surface area (Å²) in [6, 6.07) is 0. The fourth-order valence-corrected chi connectivity index (χ4v) is 2.89. The number of ketones is 1. The number of carbonyl (C=O) groups is 3. The van der Waals surface area contributed by atoms with Crippen LogP contribution in [0.25, 0.3) is 0 Å². The van der Waals surface area contributed by atoms with E-state index in [2.05, 4.69) is 9.97 Å². The van der Waals surface area contributed by atoms with Crippen molar-refractivity contribution in [3.8, 4) is 0 Å². The fraction of sp³-hybridized carbons (Fsp3) is 0.625. The van der Waals surface area contributed by atoms with Crippen LogP contribution in [0.15, 0.2) is 6.20 Å². The standard InChI is InChI=1S/C16H23N3O5/c1-10(20)12-17-9-11(18-12)8-16(13(21)22)6-5-7-19(16)14(23)24-15(2,3)4/h9H,5-8H2,1-4H3,(H,17,18)(H,21,22)/t16-/m0/s1. The third-order valence-corrected chi connectivity index (χ3v) is 3.95. The minimum absolute atomic E-state index is 0.0435. The molecule has 2 heterocycles. The van der Waals surface area contributed by atoms with Gasteiger partial charge in [0.15, 0.2) is 11.6 Å². The number of aromatic nitrogens is 2. The van der Waals surface area contributed by atoms with Crippen LogP contribution >= 0.6 is 0 Å². The molecule has 2 rings (SSSR count). The number of rotatable bonds is 4. The summed E-state index contributed by atoms with van der Waals surface area (Å²) in [6.45, 7) is 6.89. The van der Waals surface area contributed by atoms with E-state index in [1.54, 1.807) is 20.8 Å². The highest BCUT2D eigenvalue weighted by molar-refractivity contribution is 5.90. The molecule has 1 aromatic heterocycles. The number of Topliss-reactive ketones (excluding diaryl/α,β-unsaturated/α-hetero) is 1. The molecule has 0 radical (unpaired) electrons. The predicted molar refractivity (Wildman–Crippen MR) is 84.8 cm³/mol. The minimum Gasteiger partial charge on any atom is -0.479 e. The first-order chi connectivity index (χ1) is 11.0. The number of nitrogens with zero attached hydrogens (tertiary/aromatic N) is 2. The second kappa shape index (κ2) is 6.26. The Labute approximate surface area is 140 Å². The molecule has 8 heteroatoms. The Hall–Kier alpha value is -2.38. The maximum atomic E-state index is 12.4. The van der Waals surface area contributed by atoms with Gasteiger partial charge in [-0.2, -0.15) is 0 Å². The molecule has 24 heavy (non-hydrogen) atoms. The van der Waals surface area contributed by atoms with E-state index in [0.29, 0.717) is 25.1 Å². The monoisotopic (exact) mass is 337 g/mol. The van der Waals surface area contributed by atoms with Gasteiger partial charge in [-0.3, -0.25) is 9.69 Å². The molecular weight excluding hydrogens is 314 g/mol. The number of ether oxygens (including phenoxy) is 1. The molecule has 0 aliphatic carbocycles. The lowest BCUT2D eigenvalue weighted by molar-refractivity contribution is -0.149. The summed E-state index contributed by atoms with van der Waals surface area (Å²) in [5, 5.41) is 9.81. The van der Waals surface area contributed by atoms with Crippen molar-refractivity contribution in [3.63, 3.8) is 0 Å². The van der Waals surface area contributed by atoms with Crippen LogP contribution in [-0.2, 0) is 16.0 Å². The highest BCUT2D eigenvalue weighted by Gasteiger charge is 2.51. The second-order valence-corrected chi connectivity index (χ2v) is 7.06. The number of imidazole rings is 1. The van der Waals surface area contributed by atoms with Crippen LogP contribution in [0.4, 0.5) is 4.79 Å². The average Bonchev–Trinajstić information content (AvgIpc) is 3.04. The Bertz CT molecular complexity index is 661. The predicted octanol–water partition coefficient (Wildman–Crippen LogP) is 2.01. The molecule has 0 saturated carbocycles. The van der Waals surface area contributed by atoms with Gasteiger partial charge in [0.25, 0.3) is 0 Å². The first kappa shape index (κ1) is 18.0. The van der Waals surface area contributed by atoms with Crippen LogP contribution in [0.3, 0.4) is 0 Å². The molecule has 0 bridgehead atoms. The van der Waals surface area contributed by atoms with Gasteiger partial charge in [0.2, 0.25) is 0 Å². The fourth-order valence-electron chi connectivity index (χ4n) is 2.89. The Morgan fingerprint density at radius 2 is 2.08 bits per heavy atom. The second-order valence-electron chi connectivity index (χ2n) is 7.06. The van der Waals surface area contributed by atoms with Crippen molar-refractivity contribution < 1.29 is 24.2 Å². The number of aromatic amines is 1. The summed E-state index contributed by atoms with van der Waals surface area (Å²) >= 11 is 0. The van der Waals surface area contributed by atoms with Gasteiger partial charge in [0, 0.05) is 31.8 Å². The molecule has 1 aromatic rings. The normalized spacial score (nSPS) is 20.9. The minimum atomic E-state index is -1.40. The third kappa shape index (κ3) is 3.58. The Morgan fingerprint density at radius 1 is 1.42 bits per heavy atom. The van der Waals surface area contributed by atoms with Crippen LogP contribution in [-0.4, -0.2) is 55.5 Å². The lowest BCUT2D eigenvalue weighted by Gasteiger charge is -2.35. The van der Waals surface area contributed by atoms with Gasteiger partial charge in [-0.05, 0) is 33.6 Å². The van der Waals surface area contributed by atoms with Crippen molar-refractivity contribution in [3.05, 3.63) is 17.7 Å². The number of amides is 1. The van der Waals surface area contributed by atoms with Crippen molar-refractivity contribution >= 4 is 17.8 Å². The molecule has 132 valence electrons. The SMILES string of the molecule is CC(=O)c1ncc(C[C@]2(C(=O)O)CCCN2C(=O)OC(C)(C)C)[nH]1. The third-order valence-electron chi connectivity index (χ3n) is 3.95. The maximum Gasteiger partial charge on any atom is 0.411 e. The first-order valence-electron chi connectivity index (χ1n) is 7.84. The van der Waals surface area contributed by atoms with Crippen LogP contribution < -0.4 is 0 Å². The molecule has 1 fully saturated rings. The van der Waals surface area contributed by atoms with E-state index >= 15 is 0 Å². The molecule has 0 unspecified atom stereocenters. The van der Waals surface area contributed by atoms with E-state index in [9.17, 15) is 19.5 Å². The van der Waals surface area contributed by atoms with Crippen molar-refractivity contribution in [2.24, 2.45) is 0 Å². The van der Waals surface area contributed by atoms with Crippen molar-refractivity contribution in [1.29, 1.82) is 0 Å². The van der Waals surface area contributed by atoms with E-state index in [-0.39, 0.29) is 18.0 Å². The quantitative estimate of drug-likeness (QED) is 0.813. The van der Waals surface area contributed by atoms with E-state index in [1.165, 1.54) is 18.0 Å². The van der Waals surface area contributed by atoms with Crippen molar-refractivity contribution in [1.82, 2.24) is 14.9 Å². The molecule has 1 atom stereocenters. The summed E-state index contributed by atoms with van der Waals surface area (Å²) < 4.78 is 5.35. The lowest BCUT2D eigenvalue weighted by Crippen LogP contribution is -2.55. The lowest BCUT2D eigenvalue weighted by atomic mass is 9.91. The Kier molecular flexibility index (Phi) is 4.68. The van der Waals surface area contributed by atoms with Gasteiger partial charge < -0.3 is 14.8 Å². The molecule has 8 nitrogen and oxygen atoms in total. The number of aliphatic carboxylic acids is 1. The number of carboxylic acid groups (broad SMARTS) is 1. The van der Waals surface area contributed by atoms with Gasteiger partial charge in [-0.1, -0.05) is 0 Å². The van der Waals surface area contributed by atoms with E-state index in [0.717, 1.165) is 0 Å². The number of hydrogen-bond donors (Lipinski definition) is 2. The van der Waals surface area contributed by atoms with Crippen LogP contribution in [0.5, 0.6) is 0 Å². The Balaban J connectivity index is 2.29. The number of hydrogen-bond acceptors (Lipinski definition) is 5. The summed E-state index contributed by atoms with van der Waals surface area (Å²) in [6.07, 6.45) is 1.72. The smallest absolute Gasteiger partial charge is 0.411 e. The van der Waals surface area contributed by atoms with Gasteiger partial charge in [-0.15, -0.1) is 0 Å². The van der Waals surface area contributed by atoms with Crippen molar-refractivity contribution in [2.75, 3.05) is 6.54 Å². The first-order valence-corrected chi connectivity index (χ1v) is 7.84. The van der Waals surface area contributed by atoms with E-state index in [1.807, 2.05) is 0 Å². The molecule has 1 aliphatic heterocycles. The van der Waals surface area contributed by atoms with E-state index in [4.69, 9.17) is 4.74 Å². The highest BCUT2D eigenvalue weighted by atomic mass is 16.6. The van der Waals surface area contributed by atoms with Gasteiger partial charge in [0.1, 0.15) is 11.1 Å². The molecular formula is C16H23N3O5. The molecule has 1 aliphatic rings. The summed E-state index contributed by atoms with van der Waals surface area (Å²) in [7, 11) is 0. The maximum absolute atomic E-state index is 12.4.